The van der Waals surface area contributed by atoms with Crippen LogP contribution in [0.1, 0.15) is 84.5 Å². The summed E-state index contributed by atoms with van der Waals surface area (Å²) in [5.41, 5.74) is 0.771. The van der Waals surface area contributed by atoms with E-state index >= 15 is 0 Å². The Hall–Kier alpha value is -0.0800. The minimum absolute atomic E-state index is 0.705. The number of unbranched alkanes of at least 4 members (excludes halogenated alkanes) is 1. The topological polar surface area (TPSA) is 15.3 Å². The number of nitrogens with zero attached hydrogens (tertiary/aromatic N) is 1. The number of hydrogen-bond acceptors (Lipinski definition) is 2. The van der Waals surface area contributed by atoms with Crippen LogP contribution in [0.15, 0.2) is 0 Å². The summed E-state index contributed by atoms with van der Waals surface area (Å²) < 4.78 is 0. The Morgan fingerprint density at radius 2 is 1.71 bits per heavy atom. The molecule has 1 saturated carbocycles. The Kier molecular flexibility index (Phi) is 7.53. The van der Waals surface area contributed by atoms with Gasteiger partial charge in [-0.25, -0.2) is 0 Å². The highest BCUT2D eigenvalue weighted by Gasteiger charge is 2.35. The second kappa shape index (κ2) is 9.15. The van der Waals surface area contributed by atoms with Crippen LogP contribution in [0.2, 0.25) is 0 Å². The molecule has 1 aliphatic heterocycles. The molecule has 1 unspecified atom stereocenters. The summed E-state index contributed by atoms with van der Waals surface area (Å²) in [6.45, 7) is 9.86. The third-order valence-corrected chi connectivity index (χ3v) is 5.94. The molecule has 2 heteroatoms. The molecule has 0 aromatic carbocycles. The van der Waals surface area contributed by atoms with E-state index in [1.807, 2.05) is 0 Å². The Bertz CT molecular complexity index is 261. The van der Waals surface area contributed by atoms with E-state index in [1.165, 1.54) is 96.8 Å². The SMILES string of the molecule is CCCNC(C)CCCCN1CCC2(CCCCC2)CC1. The maximum atomic E-state index is 3.60. The van der Waals surface area contributed by atoms with Crippen molar-refractivity contribution in [3.63, 3.8) is 0 Å². The van der Waals surface area contributed by atoms with Gasteiger partial charge in [0.1, 0.15) is 0 Å². The van der Waals surface area contributed by atoms with Gasteiger partial charge in [-0.15, -0.1) is 0 Å². The zero-order valence-corrected chi connectivity index (χ0v) is 14.6. The van der Waals surface area contributed by atoms with Crippen molar-refractivity contribution in [2.45, 2.75) is 90.5 Å². The fraction of sp³-hybridized carbons (Fsp3) is 1.00. The lowest BCUT2D eigenvalue weighted by molar-refractivity contribution is 0.0669. The van der Waals surface area contributed by atoms with Crippen LogP contribution in [0.5, 0.6) is 0 Å². The van der Waals surface area contributed by atoms with E-state index in [0.717, 1.165) is 5.41 Å². The van der Waals surface area contributed by atoms with Gasteiger partial charge in [0.2, 0.25) is 0 Å². The zero-order valence-electron chi connectivity index (χ0n) is 14.6. The Morgan fingerprint density at radius 3 is 2.38 bits per heavy atom. The Balaban J connectivity index is 1.53. The zero-order chi connectivity index (χ0) is 15.0. The molecule has 1 N–H and O–H groups in total. The predicted molar refractivity (Wildman–Crippen MR) is 92.8 cm³/mol. The van der Waals surface area contributed by atoms with Crippen molar-refractivity contribution in [1.82, 2.24) is 10.2 Å². The highest BCUT2D eigenvalue weighted by atomic mass is 15.1. The quantitative estimate of drug-likeness (QED) is 0.659. The van der Waals surface area contributed by atoms with Crippen molar-refractivity contribution in [2.75, 3.05) is 26.2 Å². The van der Waals surface area contributed by atoms with Crippen molar-refractivity contribution < 1.29 is 0 Å². The summed E-state index contributed by atoms with van der Waals surface area (Å²) in [5, 5.41) is 3.60. The largest absolute Gasteiger partial charge is 0.314 e. The molecule has 2 nitrogen and oxygen atoms in total. The summed E-state index contributed by atoms with van der Waals surface area (Å²) >= 11 is 0. The maximum absolute atomic E-state index is 3.60. The summed E-state index contributed by atoms with van der Waals surface area (Å²) in [5.74, 6) is 0. The predicted octanol–water partition coefficient (Wildman–Crippen LogP) is 4.59. The van der Waals surface area contributed by atoms with E-state index in [2.05, 4.69) is 24.1 Å². The van der Waals surface area contributed by atoms with Crippen LogP contribution < -0.4 is 5.32 Å². The van der Waals surface area contributed by atoms with Crippen LogP contribution in [0.3, 0.4) is 0 Å². The molecular formula is C19H38N2. The molecule has 2 rings (SSSR count). The third kappa shape index (κ3) is 5.90. The number of likely N-dealkylation sites (tertiary alicyclic amines) is 1. The Morgan fingerprint density at radius 1 is 1.00 bits per heavy atom. The molecule has 0 aromatic rings. The van der Waals surface area contributed by atoms with E-state index in [1.54, 1.807) is 0 Å². The first kappa shape index (κ1) is 17.3. The van der Waals surface area contributed by atoms with Gasteiger partial charge in [0, 0.05) is 6.04 Å². The molecule has 0 aromatic heterocycles. The summed E-state index contributed by atoms with van der Waals surface area (Å²) in [6.07, 6.45) is 15.9. The second-order valence-corrected chi connectivity index (χ2v) is 7.75. The van der Waals surface area contributed by atoms with Gasteiger partial charge in [0.05, 0.1) is 0 Å². The van der Waals surface area contributed by atoms with Crippen molar-refractivity contribution in [3.05, 3.63) is 0 Å². The van der Waals surface area contributed by atoms with Gasteiger partial charge in [-0.1, -0.05) is 32.6 Å². The number of nitrogens with one attached hydrogen (secondary N) is 1. The number of rotatable bonds is 8. The van der Waals surface area contributed by atoms with Gasteiger partial charge in [0.15, 0.2) is 0 Å². The van der Waals surface area contributed by atoms with Gasteiger partial charge in [0.25, 0.3) is 0 Å². The van der Waals surface area contributed by atoms with Crippen LogP contribution in [0, 0.1) is 5.41 Å². The second-order valence-electron chi connectivity index (χ2n) is 7.75. The molecule has 1 atom stereocenters. The first-order chi connectivity index (χ1) is 10.2. The number of piperidine rings is 1. The lowest BCUT2D eigenvalue weighted by Crippen LogP contribution is -2.41. The van der Waals surface area contributed by atoms with E-state index in [9.17, 15) is 0 Å². The molecule has 0 amide bonds. The monoisotopic (exact) mass is 294 g/mol. The lowest BCUT2D eigenvalue weighted by atomic mass is 9.68. The number of hydrogen-bond donors (Lipinski definition) is 1. The Labute approximate surface area is 133 Å². The minimum atomic E-state index is 0.705. The van der Waals surface area contributed by atoms with Crippen LogP contribution in [0.25, 0.3) is 0 Å². The fourth-order valence-corrected chi connectivity index (χ4v) is 4.33. The first-order valence-electron chi connectivity index (χ1n) is 9.70. The van der Waals surface area contributed by atoms with E-state index in [0.29, 0.717) is 6.04 Å². The molecule has 1 aliphatic carbocycles. The highest BCUT2D eigenvalue weighted by Crippen LogP contribution is 2.44. The van der Waals surface area contributed by atoms with E-state index in [4.69, 9.17) is 0 Å². The molecule has 2 fully saturated rings. The molecule has 1 saturated heterocycles. The maximum Gasteiger partial charge on any atom is 0.00387 e. The van der Waals surface area contributed by atoms with Gasteiger partial charge >= 0.3 is 0 Å². The van der Waals surface area contributed by atoms with Crippen LogP contribution in [-0.2, 0) is 0 Å². The summed E-state index contributed by atoms with van der Waals surface area (Å²) in [6, 6.07) is 0.705. The third-order valence-electron chi connectivity index (χ3n) is 5.94. The van der Waals surface area contributed by atoms with E-state index in [-0.39, 0.29) is 0 Å². The van der Waals surface area contributed by atoms with Crippen molar-refractivity contribution in [3.8, 4) is 0 Å². The summed E-state index contributed by atoms with van der Waals surface area (Å²) in [7, 11) is 0. The average molecular weight is 295 g/mol. The highest BCUT2D eigenvalue weighted by molar-refractivity contribution is 4.88. The van der Waals surface area contributed by atoms with Crippen molar-refractivity contribution in [2.24, 2.45) is 5.41 Å². The van der Waals surface area contributed by atoms with Gasteiger partial charge in [-0.2, -0.15) is 0 Å². The molecule has 1 spiro atoms. The molecule has 1 heterocycles. The molecule has 0 bridgehead atoms. The fourth-order valence-electron chi connectivity index (χ4n) is 4.33. The molecule has 124 valence electrons. The van der Waals surface area contributed by atoms with E-state index < -0.39 is 0 Å². The molecule has 0 radical (unpaired) electrons. The molecule has 2 aliphatic rings. The molecular weight excluding hydrogens is 256 g/mol. The minimum Gasteiger partial charge on any atom is -0.314 e. The van der Waals surface area contributed by atoms with Gasteiger partial charge < -0.3 is 10.2 Å². The van der Waals surface area contributed by atoms with Crippen molar-refractivity contribution >= 4 is 0 Å². The normalized spacial score (nSPS) is 24.3. The first-order valence-corrected chi connectivity index (χ1v) is 9.70. The standard InChI is InChI=1S/C19H38N2/c1-3-14-20-18(2)9-5-8-15-21-16-12-19(13-17-21)10-6-4-7-11-19/h18,20H,3-17H2,1-2H3. The summed E-state index contributed by atoms with van der Waals surface area (Å²) in [4.78, 5) is 2.74. The lowest BCUT2D eigenvalue weighted by Gasteiger charge is -2.44. The molecule has 21 heavy (non-hydrogen) atoms. The van der Waals surface area contributed by atoms with Crippen molar-refractivity contribution in [1.29, 1.82) is 0 Å². The smallest absolute Gasteiger partial charge is 0.00387 e. The van der Waals surface area contributed by atoms with Crippen LogP contribution >= 0.6 is 0 Å². The van der Waals surface area contributed by atoms with Crippen LogP contribution in [-0.4, -0.2) is 37.1 Å². The average Bonchev–Trinajstić information content (AvgIpc) is 2.52. The van der Waals surface area contributed by atoms with Gasteiger partial charge in [-0.3, -0.25) is 0 Å². The van der Waals surface area contributed by atoms with Crippen LogP contribution in [0.4, 0.5) is 0 Å². The van der Waals surface area contributed by atoms with Gasteiger partial charge in [-0.05, 0) is 83.5 Å².